The van der Waals surface area contributed by atoms with E-state index in [9.17, 15) is 8.42 Å². The zero-order valence-electron chi connectivity index (χ0n) is 13.0. The summed E-state index contributed by atoms with van der Waals surface area (Å²) in [7, 11) is 0.277. The van der Waals surface area contributed by atoms with Crippen LogP contribution in [0.3, 0.4) is 0 Å². The maximum absolute atomic E-state index is 12.8. The van der Waals surface area contributed by atoms with Crippen LogP contribution in [0.1, 0.15) is 24.0 Å². The second-order valence-electron chi connectivity index (χ2n) is 5.87. The molecule has 1 unspecified atom stereocenters. The standard InChI is InChI=1S/C15H25N3O2S/c1-12-9-15(7-6-13(12)10-16)21(19,20)18(3)14-5-4-8-17(2)11-14/h6-7,9,14H,4-5,8,10-11,16H2,1-3H3. The van der Waals surface area contributed by atoms with E-state index in [4.69, 9.17) is 5.73 Å². The fraction of sp³-hybridized carbons (Fsp3) is 0.600. The molecule has 0 amide bonds. The van der Waals surface area contributed by atoms with Crippen molar-refractivity contribution in [3.8, 4) is 0 Å². The van der Waals surface area contributed by atoms with E-state index in [0.29, 0.717) is 11.4 Å². The molecule has 0 aliphatic carbocycles. The molecule has 2 N–H and O–H groups in total. The molecule has 2 rings (SSSR count). The molecule has 21 heavy (non-hydrogen) atoms. The summed E-state index contributed by atoms with van der Waals surface area (Å²) >= 11 is 0. The van der Waals surface area contributed by atoms with Gasteiger partial charge in [0.1, 0.15) is 0 Å². The summed E-state index contributed by atoms with van der Waals surface area (Å²) in [6.45, 7) is 4.15. The first-order chi connectivity index (χ1) is 9.86. The monoisotopic (exact) mass is 311 g/mol. The molecule has 0 spiro atoms. The Morgan fingerprint density at radius 3 is 2.71 bits per heavy atom. The zero-order valence-corrected chi connectivity index (χ0v) is 13.9. The number of rotatable bonds is 4. The third-order valence-electron chi connectivity index (χ3n) is 4.32. The average Bonchev–Trinajstić information content (AvgIpc) is 2.46. The van der Waals surface area contributed by atoms with E-state index >= 15 is 0 Å². The van der Waals surface area contributed by atoms with E-state index in [-0.39, 0.29) is 6.04 Å². The first-order valence-electron chi connectivity index (χ1n) is 7.32. The fourth-order valence-electron chi connectivity index (χ4n) is 2.86. The summed E-state index contributed by atoms with van der Waals surface area (Å²) in [4.78, 5) is 2.54. The second kappa shape index (κ2) is 6.44. The van der Waals surface area contributed by atoms with Gasteiger partial charge in [0, 0.05) is 26.2 Å². The van der Waals surface area contributed by atoms with E-state index in [1.165, 1.54) is 4.31 Å². The number of nitrogens with two attached hydrogens (primary N) is 1. The predicted octanol–water partition coefficient (Wildman–Crippen LogP) is 1.17. The lowest BCUT2D eigenvalue weighted by molar-refractivity contribution is 0.187. The van der Waals surface area contributed by atoms with E-state index in [0.717, 1.165) is 37.1 Å². The van der Waals surface area contributed by atoms with Crippen molar-refractivity contribution < 1.29 is 8.42 Å². The molecule has 1 aliphatic rings. The van der Waals surface area contributed by atoms with Crippen LogP contribution in [0, 0.1) is 6.92 Å². The van der Waals surface area contributed by atoms with Crippen molar-refractivity contribution in [1.82, 2.24) is 9.21 Å². The number of aryl methyl sites for hydroxylation is 1. The van der Waals surface area contributed by atoms with E-state index in [2.05, 4.69) is 4.90 Å². The Hall–Kier alpha value is -0.950. The van der Waals surface area contributed by atoms with Gasteiger partial charge in [0.05, 0.1) is 4.90 Å². The number of hydrogen-bond donors (Lipinski definition) is 1. The van der Waals surface area contributed by atoms with Crippen molar-refractivity contribution in [1.29, 1.82) is 0 Å². The molecule has 0 bridgehead atoms. The lowest BCUT2D eigenvalue weighted by Crippen LogP contribution is -2.47. The van der Waals surface area contributed by atoms with Gasteiger partial charge >= 0.3 is 0 Å². The Balaban J connectivity index is 2.26. The van der Waals surface area contributed by atoms with Gasteiger partial charge in [0.25, 0.3) is 0 Å². The van der Waals surface area contributed by atoms with Gasteiger partial charge < -0.3 is 10.6 Å². The normalized spacial score (nSPS) is 20.9. The molecule has 118 valence electrons. The van der Waals surface area contributed by atoms with Crippen LogP contribution in [0.25, 0.3) is 0 Å². The van der Waals surface area contributed by atoms with Crippen LogP contribution >= 0.6 is 0 Å². The van der Waals surface area contributed by atoms with Gasteiger partial charge in [-0.2, -0.15) is 4.31 Å². The third-order valence-corrected chi connectivity index (χ3v) is 6.23. The fourth-order valence-corrected chi connectivity index (χ4v) is 4.32. The van der Waals surface area contributed by atoms with Crippen LogP contribution in [0.15, 0.2) is 23.1 Å². The minimum Gasteiger partial charge on any atom is -0.326 e. The lowest BCUT2D eigenvalue weighted by atomic mass is 10.1. The van der Waals surface area contributed by atoms with Crippen LogP contribution < -0.4 is 5.73 Å². The number of likely N-dealkylation sites (tertiary alicyclic amines) is 1. The van der Waals surface area contributed by atoms with Crippen LogP contribution in [0.4, 0.5) is 0 Å². The number of likely N-dealkylation sites (N-methyl/N-ethyl adjacent to an activating group) is 2. The molecule has 0 saturated carbocycles. The molecular weight excluding hydrogens is 286 g/mol. The Kier molecular flexibility index (Phi) is 5.03. The van der Waals surface area contributed by atoms with Crippen molar-refractivity contribution in [2.45, 2.75) is 37.2 Å². The zero-order chi connectivity index (χ0) is 15.6. The maximum Gasteiger partial charge on any atom is 0.243 e. The van der Waals surface area contributed by atoms with Gasteiger partial charge in [-0.25, -0.2) is 8.42 Å². The summed E-state index contributed by atoms with van der Waals surface area (Å²) < 4.78 is 27.1. The number of sulfonamides is 1. The number of nitrogens with zero attached hydrogens (tertiary/aromatic N) is 2. The van der Waals surface area contributed by atoms with Crippen LogP contribution in [-0.4, -0.2) is 50.8 Å². The van der Waals surface area contributed by atoms with E-state index < -0.39 is 10.0 Å². The molecule has 1 aromatic rings. The Morgan fingerprint density at radius 2 is 2.14 bits per heavy atom. The minimum absolute atomic E-state index is 0.0447. The average molecular weight is 311 g/mol. The molecule has 1 fully saturated rings. The first kappa shape index (κ1) is 16.4. The van der Waals surface area contributed by atoms with E-state index in [1.54, 1.807) is 19.2 Å². The van der Waals surface area contributed by atoms with Crippen LogP contribution in [0.5, 0.6) is 0 Å². The summed E-state index contributed by atoms with van der Waals surface area (Å²) in [6, 6.07) is 5.24. The second-order valence-corrected chi connectivity index (χ2v) is 7.87. The molecule has 6 heteroatoms. The molecule has 1 aromatic carbocycles. The summed E-state index contributed by atoms with van der Waals surface area (Å²) in [6.07, 6.45) is 1.95. The van der Waals surface area contributed by atoms with Gasteiger partial charge in [-0.3, -0.25) is 0 Å². The van der Waals surface area contributed by atoms with Crippen molar-refractivity contribution in [2.24, 2.45) is 5.73 Å². The molecule has 1 atom stereocenters. The maximum atomic E-state index is 12.8. The predicted molar refractivity (Wildman–Crippen MR) is 84.5 cm³/mol. The molecular formula is C15H25N3O2S. The van der Waals surface area contributed by atoms with E-state index in [1.807, 2.05) is 20.0 Å². The Bertz CT molecular complexity index is 601. The van der Waals surface area contributed by atoms with Gasteiger partial charge in [-0.05, 0) is 56.6 Å². The largest absolute Gasteiger partial charge is 0.326 e. The number of piperidine rings is 1. The van der Waals surface area contributed by atoms with Gasteiger partial charge in [0.15, 0.2) is 0 Å². The SMILES string of the molecule is Cc1cc(S(=O)(=O)N(C)C2CCCN(C)C2)ccc1CN. The first-order valence-corrected chi connectivity index (χ1v) is 8.76. The van der Waals surface area contributed by atoms with Crippen molar-refractivity contribution in [2.75, 3.05) is 27.2 Å². The topological polar surface area (TPSA) is 66.6 Å². The van der Waals surface area contributed by atoms with Crippen molar-refractivity contribution >= 4 is 10.0 Å². The molecule has 1 saturated heterocycles. The van der Waals surface area contributed by atoms with Gasteiger partial charge in [-0.15, -0.1) is 0 Å². The Morgan fingerprint density at radius 1 is 1.43 bits per heavy atom. The minimum atomic E-state index is -3.44. The number of benzene rings is 1. The lowest BCUT2D eigenvalue weighted by Gasteiger charge is -2.35. The molecule has 5 nitrogen and oxygen atoms in total. The van der Waals surface area contributed by atoms with Crippen LogP contribution in [0.2, 0.25) is 0 Å². The van der Waals surface area contributed by atoms with Gasteiger partial charge in [0.2, 0.25) is 10.0 Å². The molecule has 1 heterocycles. The highest BCUT2D eigenvalue weighted by Gasteiger charge is 2.30. The van der Waals surface area contributed by atoms with Crippen LogP contribution in [-0.2, 0) is 16.6 Å². The smallest absolute Gasteiger partial charge is 0.243 e. The van der Waals surface area contributed by atoms with Crippen molar-refractivity contribution in [3.63, 3.8) is 0 Å². The molecule has 0 aromatic heterocycles. The quantitative estimate of drug-likeness (QED) is 0.906. The summed E-state index contributed by atoms with van der Waals surface area (Å²) in [5.74, 6) is 0. The highest BCUT2D eigenvalue weighted by molar-refractivity contribution is 7.89. The molecule has 1 aliphatic heterocycles. The highest BCUT2D eigenvalue weighted by Crippen LogP contribution is 2.23. The summed E-state index contributed by atoms with van der Waals surface area (Å²) in [5.41, 5.74) is 7.54. The van der Waals surface area contributed by atoms with Gasteiger partial charge in [-0.1, -0.05) is 6.07 Å². The molecule has 0 radical (unpaired) electrons. The van der Waals surface area contributed by atoms with Crippen molar-refractivity contribution in [3.05, 3.63) is 29.3 Å². The summed E-state index contributed by atoms with van der Waals surface area (Å²) in [5, 5.41) is 0. The third kappa shape index (κ3) is 3.45. The highest BCUT2D eigenvalue weighted by atomic mass is 32.2. The Labute approximate surface area is 127 Å². The number of hydrogen-bond acceptors (Lipinski definition) is 4.